The predicted octanol–water partition coefficient (Wildman–Crippen LogP) is 1.90. The summed E-state index contributed by atoms with van der Waals surface area (Å²) < 4.78 is 16.3. The van der Waals surface area contributed by atoms with Gasteiger partial charge in [0.25, 0.3) is 0 Å². The van der Waals surface area contributed by atoms with E-state index < -0.39 is 19.0 Å². The monoisotopic (exact) mass is 289 g/mol. The maximum absolute atomic E-state index is 12.0. The van der Waals surface area contributed by atoms with Crippen LogP contribution in [-0.2, 0) is 18.8 Å². The molecule has 0 N–H and O–H groups in total. The van der Waals surface area contributed by atoms with Gasteiger partial charge in [0.2, 0.25) is 0 Å². The van der Waals surface area contributed by atoms with E-state index in [9.17, 15) is 10.1 Å². The van der Waals surface area contributed by atoms with E-state index in [1.165, 1.54) is 7.11 Å². The van der Waals surface area contributed by atoms with Crippen LogP contribution < -0.4 is 0 Å². The molecule has 0 aromatic carbocycles. The Morgan fingerprint density at radius 1 is 1.48 bits per heavy atom. The minimum absolute atomic E-state index is 0.000503. The molecule has 0 aromatic rings. The molecule has 2 unspecified atom stereocenters. The summed E-state index contributed by atoms with van der Waals surface area (Å²) in [6.45, 7) is 7.07. The van der Waals surface area contributed by atoms with Gasteiger partial charge in [0.05, 0.1) is 24.7 Å². The number of allylic oxidation sites excluding steroid dienone is 2. The van der Waals surface area contributed by atoms with E-state index in [0.29, 0.717) is 24.3 Å². The second-order valence-electron chi connectivity index (χ2n) is 6.30. The summed E-state index contributed by atoms with van der Waals surface area (Å²) in [6.07, 6.45) is 3.54. The summed E-state index contributed by atoms with van der Waals surface area (Å²) in [5, 5.41) is 9.46. The first-order chi connectivity index (χ1) is 9.89. The maximum atomic E-state index is 12.0. The van der Waals surface area contributed by atoms with Crippen molar-refractivity contribution in [1.29, 1.82) is 5.26 Å². The highest BCUT2D eigenvalue weighted by Crippen LogP contribution is 2.35. The van der Waals surface area contributed by atoms with Crippen molar-refractivity contribution >= 4 is 13.1 Å². The van der Waals surface area contributed by atoms with Gasteiger partial charge >= 0.3 is 13.1 Å². The van der Waals surface area contributed by atoms with Crippen LogP contribution in [0.5, 0.6) is 0 Å². The molecule has 5 nitrogen and oxygen atoms in total. The van der Waals surface area contributed by atoms with Gasteiger partial charge in [-0.05, 0) is 11.4 Å². The Balaban J connectivity index is 2.37. The van der Waals surface area contributed by atoms with Crippen molar-refractivity contribution in [3.8, 4) is 6.07 Å². The molecule has 0 spiro atoms. The molecule has 1 fully saturated rings. The Morgan fingerprint density at radius 2 is 2.10 bits per heavy atom. The normalized spacial score (nSPS) is 28.2. The first-order valence-electron chi connectivity index (χ1n) is 7.03. The van der Waals surface area contributed by atoms with Crippen molar-refractivity contribution in [1.82, 2.24) is 0 Å². The van der Waals surface area contributed by atoms with E-state index in [1.807, 2.05) is 26.8 Å². The number of nitriles is 1. The summed E-state index contributed by atoms with van der Waals surface area (Å²) in [5.41, 5.74) is 0.877. The minimum Gasteiger partial charge on any atom is -0.465 e. The molecule has 2 atom stereocenters. The molecule has 0 bridgehead atoms. The van der Waals surface area contributed by atoms with Gasteiger partial charge in [0.15, 0.2) is 0 Å². The fraction of sp³-hybridized carbons (Fsp3) is 0.600. The summed E-state index contributed by atoms with van der Waals surface area (Å²) >= 11 is 0. The van der Waals surface area contributed by atoms with E-state index >= 15 is 0 Å². The molecule has 0 aromatic heterocycles. The molecular formula is C15H20BNO4. The quantitative estimate of drug-likeness (QED) is 0.573. The first-order valence-corrected chi connectivity index (χ1v) is 7.03. The van der Waals surface area contributed by atoms with Crippen LogP contribution in [-0.4, -0.2) is 33.4 Å². The predicted molar refractivity (Wildman–Crippen MR) is 77.9 cm³/mol. The number of carbonyl (C=O) groups excluding carboxylic acids is 1. The number of carbonyl (C=O) groups is 1. The third-order valence-corrected chi connectivity index (χ3v) is 3.79. The average Bonchev–Trinajstić information content (AvgIpc) is 2.46. The van der Waals surface area contributed by atoms with Gasteiger partial charge in [0.1, 0.15) is 0 Å². The van der Waals surface area contributed by atoms with Crippen LogP contribution in [0.4, 0.5) is 0 Å². The summed E-state index contributed by atoms with van der Waals surface area (Å²) in [4.78, 5) is 12.0. The van der Waals surface area contributed by atoms with Crippen molar-refractivity contribution in [3.05, 3.63) is 23.2 Å². The van der Waals surface area contributed by atoms with Crippen LogP contribution in [0, 0.1) is 28.6 Å². The fourth-order valence-corrected chi connectivity index (χ4v) is 2.53. The smallest absolute Gasteiger partial charge is 0.465 e. The van der Waals surface area contributed by atoms with E-state index in [-0.39, 0.29) is 11.3 Å². The number of nitrogens with zero attached hydrogens (tertiary/aromatic N) is 1. The van der Waals surface area contributed by atoms with Gasteiger partial charge in [-0.3, -0.25) is 0 Å². The minimum atomic E-state index is -0.663. The van der Waals surface area contributed by atoms with Gasteiger partial charge in [-0.2, -0.15) is 5.26 Å². The number of esters is 1. The van der Waals surface area contributed by atoms with Crippen molar-refractivity contribution in [2.24, 2.45) is 17.3 Å². The molecule has 6 heteroatoms. The average molecular weight is 289 g/mol. The highest BCUT2D eigenvalue weighted by Gasteiger charge is 2.42. The van der Waals surface area contributed by atoms with Crippen molar-refractivity contribution < 1.29 is 18.8 Å². The summed E-state index contributed by atoms with van der Waals surface area (Å²) in [7, 11) is 0.663. The zero-order chi connectivity index (χ0) is 15.6. The molecule has 2 rings (SSSR count). The Bertz CT molecular complexity index is 522. The summed E-state index contributed by atoms with van der Waals surface area (Å²) in [5.74, 6) is -0.915. The van der Waals surface area contributed by atoms with Gasteiger partial charge < -0.3 is 14.0 Å². The highest BCUT2D eigenvalue weighted by molar-refractivity contribution is 6.55. The van der Waals surface area contributed by atoms with Crippen LogP contribution in [0.3, 0.4) is 0 Å². The molecular weight excluding hydrogens is 269 g/mol. The van der Waals surface area contributed by atoms with Gasteiger partial charge in [-0.25, -0.2) is 4.79 Å². The fourth-order valence-electron chi connectivity index (χ4n) is 2.53. The molecule has 0 amide bonds. The van der Waals surface area contributed by atoms with E-state index in [0.717, 1.165) is 0 Å². The second-order valence-corrected chi connectivity index (χ2v) is 6.30. The lowest BCUT2D eigenvalue weighted by Gasteiger charge is -2.36. The number of methoxy groups -OCH3 is 1. The van der Waals surface area contributed by atoms with Crippen LogP contribution >= 0.6 is 0 Å². The standard InChI is InChI=1S/C15H20BNO4/c1-10-5-6-11(14(18)19-4)13(12(10)7-17)16-20-8-15(2,3)9-21-16/h5-6,10,12H,8-9H2,1-4H3. The third kappa shape index (κ3) is 3.20. The van der Waals surface area contributed by atoms with E-state index in [4.69, 9.17) is 14.0 Å². The Hall–Kier alpha value is -1.58. The maximum Gasteiger partial charge on any atom is 0.491 e. The van der Waals surface area contributed by atoms with Gasteiger partial charge in [-0.1, -0.05) is 32.9 Å². The zero-order valence-electron chi connectivity index (χ0n) is 12.9. The molecule has 1 aliphatic carbocycles. The first kappa shape index (κ1) is 15.8. The Labute approximate surface area is 125 Å². The molecule has 0 radical (unpaired) electrons. The van der Waals surface area contributed by atoms with Crippen molar-refractivity contribution in [3.63, 3.8) is 0 Å². The van der Waals surface area contributed by atoms with Crippen molar-refractivity contribution in [2.75, 3.05) is 20.3 Å². The topological polar surface area (TPSA) is 68.6 Å². The highest BCUT2D eigenvalue weighted by atomic mass is 16.6. The molecule has 0 saturated carbocycles. The van der Waals surface area contributed by atoms with Crippen LogP contribution in [0.15, 0.2) is 23.2 Å². The van der Waals surface area contributed by atoms with Crippen LogP contribution in [0.25, 0.3) is 0 Å². The van der Waals surface area contributed by atoms with Gasteiger partial charge in [0, 0.05) is 18.6 Å². The van der Waals surface area contributed by atoms with E-state index in [2.05, 4.69) is 6.07 Å². The molecule has 2 aliphatic rings. The zero-order valence-corrected chi connectivity index (χ0v) is 12.9. The molecule has 112 valence electrons. The Morgan fingerprint density at radius 3 is 2.62 bits per heavy atom. The lowest BCUT2D eigenvalue weighted by Crippen LogP contribution is -2.45. The molecule has 1 heterocycles. The largest absolute Gasteiger partial charge is 0.491 e. The number of hydrogen-bond acceptors (Lipinski definition) is 5. The molecule has 1 aliphatic heterocycles. The number of ether oxygens (including phenoxy) is 1. The molecule has 21 heavy (non-hydrogen) atoms. The SMILES string of the molecule is COC(=O)C1=C(B2OCC(C)(C)CO2)C(C#N)C(C)C=C1. The number of hydrogen-bond donors (Lipinski definition) is 0. The third-order valence-electron chi connectivity index (χ3n) is 3.79. The Kier molecular flexibility index (Phi) is 4.55. The van der Waals surface area contributed by atoms with Gasteiger partial charge in [-0.15, -0.1) is 0 Å². The summed E-state index contributed by atoms with van der Waals surface area (Å²) in [6, 6.07) is 2.25. The lowest BCUT2D eigenvalue weighted by atomic mass is 9.62. The molecule has 1 saturated heterocycles. The second kappa shape index (κ2) is 6.04. The van der Waals surface area contributed by atoms with Crippen molar-refractivity contribution in [2.45, 2.75) is 20.8 Å². The van der Waals surface area contributed by atoms with E-state index in [1.54, 1.807) is 6.08 Å². The number of rotatable bonds is 2. The van der Waals surface area contributed by atoms with Crippen LogP contribution in [0.2, 0.25) is 0 Å². The van der Waals surface area contributed by atoms with Crippen LogP contribution in [0.1, 0.15) is 20.8 Å². The lowest BCUT2D eigenvalue weighted by molar-refractivity contribution is -0.135.